The molecule has 0 aliphatic carbocycles. The number of carbonyl (C=O) groups is 1. The van der Waals surface area contributed by atoms with E-state index in [0.29, 0.717) is 13.0 Å². The zero-order valence-electron chi connectivity index (χ0n) is 11.5. The number of carbonyl (C=O) groups excluding carboxylic acids is 1. The minimum Gasteiger partial charge on any atom is -0.469 e. The third-order valence-electron chi connectivity index (χ3n) is 3.49. The van der Waals surface area contributed by atoms with E-state index in [9.17, 15) is 13.2 Å². The van der Waals surface area contributed by atoms with Gasteiger partial charge in [-0.25, -0.2) is 8.42 Å². The number of methoxy groups -OCH3 is 1. The molecule has 1 saturated heterocycles. The Morgan fingerprint density at radius 1 is 1.35 bits per heavy atom. The van der Waals surface area contributed by atoms with Crippen molar-refractivity contribution in [2.75, 3.05) is 18.6 Å². The van der Waals surface area contributed by atoms with E-state index in [-0.39, 0.29) is 29.9 Å². The number of rotatable bonds is 5. The average Bonchev–Trinajstić information content (AvgIpc) is 2.77. The molecule has 6 heteroatoms. The van der Waals surface area contributed by atoms with Crippen LogP contribution in [0.25, 0.3) is 0 Å². The van der Waals surface area contributed by atoms with Crippen molar-refractivity contribution in [1.29, 1.82) is 0 Å². The van der Waals surface area contributed by atoms with Crippen LogP contribution in [0.2, 0.25) is 0 Å². The van der Waals surface area contributed by atoms with Crippen molar-refractivity contribution in [2.24, 2.45) is 0 Å². The summed E-state index contributed by atoms with van der Waals surface area (Å²) in [6.07, 6.45) is 0.888. The highest BCUT2D eigenvalue weighted by Gasteiger charge is 2.27. The summed E-state index contributed by atoms with van der Waals surface area (Å²) in [5.41, 5.74) is 1.91. The van der Waals surface area contributed by atoms with E-state index in [2.05, 4.69) is 10.1 Å². The molecule has 0 bridgehead atoms. The number of ether oxygens (including phenoxy) is 1. The smallest absolute Gasteiger partial charge is 0.309 e. The average molecular weight is 297 g/mol. The lowest BCUT2D eigenvalue weighted by atomic mass is 10.0. The molecule has 1 aliphatic rings. The van der Waals surface area contributed by atoms with E-state index in [4.69, 9.17) is 0 Å². The summed E-state index contributed by atoms with van der Waals surface area (Å²) < 4.78 is 27.5. The van der Waals surface area contributed by atoms with Crippen molar-refractivity contribution >= 4 is 15.8 Å². The first-order chi connectivity index (χ1) is 9.50. The van der Waals surface area contributed by atoms with E-state index in [1.54, 1.807) is 0 Å². The van der Waals surface area contributed by atoms with Gasteiger partial charge in [-0.05, 0) is 17.5 Å². The van der Waals surface area contributed by atoms with Crippen LogP contribution < -0.4 is 5.32 Å². The lowest BCUT2D eigenvalue weighted by molar-refractivity contribution is -0.139. The highest BCUT2D eigenvalue weighted by atomic mass is 32.2. The molecule has 5 nitrogen and oxygen atoms in total. The van der Waals surface area contributed by atoms with Gasteiger partial charge >= 0.3 is 5.97 Å². The molecule has 1 aromatic rings. The Bertz CT molecular complexity index is 583. The molecule has 1 heterocycles. The second-order valence-electron chi connectivity index (χ2n) is 5.00. The molecule has 1 unspecified atom stereocenters. The quantitative estimate of drug-likeness (QED) is 0.809. The molecule has 1 atom stereocenters. The number of hydrogen-bond acceptors (Lipinski definition) is 5. The van der Waals surface area contributed by atoms with Gasteiger partial charge in [0.15, 0.2) is 9.84 Å². The standard InChI is InChI=1S/C14H19NO4S/c1-19-14(16)8-11-4-2-3-5-12(11)9-15-13-6-7-20(17,18)10-13/h2-5,13,15H,6-10H2,1H3. The summed E-state index contributed by atoms with van der Waals surface area (Å²) in [6, 6.07) is 7.62. The maximum Gasteiger partial charge on any atom is 0.309 e. The van der Waals surface area contributed by atoms with Gasteiger partial charge in [0.25, 0.3) is 0 Å². The summed E-state index contributed by atoms with van der Waals surface area (Å²) in [5, 5.41) is 3.25. The van der Waals surface area contributed by atoms with Crippen LogP contribution in [0.5, 0.6) is 0 Å². The number of sulfone groups is 1. The van der Waals surface area contributed by atoms with Crippen LogP contribution in [0, 0.1) is 0 Å². The largest absolute Gasteiger partial charge is 0.469 e. The van der Waals surface area contributed by atoms with Crippen molar-refractivity contribution < 1.29 is 17.9 Å². The third-order valence-corrected chi connectivity index (χ3v) is 5.26. The van der Waals surface area contributed by atoms with Gasteiger partial charge in [-0.15, -0.1) is 0 Å². The molecule has 0 spiro atoms. The van der Waals surface area contributed by atoms with Crippen LogP contribution in [0.15, 0.2) is 24.3 Å². The summed E-state index contributed by atoms with van der Waals surface area (Å²) in [6.45, 7) is 0.563. The van der Waals surface area contributed by atoms with Crippen molar-refractivity contribution in [3.05, 3.63) is 35.4 Å². The molecule has 0 aromatic heterocycles. The summed E-state index contributed by atoms with van der Waals surface area (Å²) in [5.74, 6) is 0.182. The summed E-state index contributed by atoms with van der Waals surface area (Å²) in [7, 11) is -1.50. The minimum absolute atomic E-state index is 0.00572. The molecule has 1 fully saturated rings. The van der Waals surface area contributed by atoms with E-state index in [1.165, 1.54) is 7.11 Å². The fourth-order valence-electron chi connectivity index (χ4n) is 2.34. The van der Waals surface area contributed by atoms with Gasteiger partial charge in [-0.3, -0.25) is 4.79 Å². The van der Waals surface area contributed by atoms with Gasteiger partial charge in [0.05, 0.1) is 25.0 Å². The lowest BCUT2D eigenvalue weighted by Gasteiger charge is -2.13. The van der Waals surface area contributed by atoms with Gasteiger partial charge in [0.2, 0.25) is 0 Å². The van der Waals surface area contributed by atoms with Gasteiger partial charge < -0.3 is 10.1 Å². The van der Waals surface area contributed by atoms with Crippen molar-refractivity contribution in [2.45, 2.75) is 25.4 Å². The van der Waals surface area contributed by atoms with Gasteiger partial charge in [-0.1, -0.05) is 24.3 Å². The zero-order valence-corrected chi connectivity index (χ0v) is 12.3. The molecule has 0 amide bonds. The normalized spacial score (nSPS) is 20.8. The summed E-state index contributed by atoms with van der Waals surface area (Å²) in [4.78, 5) is 11.4. The Labute approximate surface area is 119 Å². The monoisotopic (exact) mass is 297 g/mol. The maximum atomic E-state index is 11.4. The first-order valence-corrected chi connectivity index (χ1v) is 8.40. The number of nitrogens with one attached hydrogen (secondary N) is 1. The van der Waals surface area contributed by atoms with E-state index in [0.717, 1.165) is 11.1 Å². The molecule has 0 saturated carbocycles. The molecule has 1 aliphatic heterocycles. The highest BCUT2D eigenvalue weighted by molar-refractivity contribution is 7.91. The minimum atomic E-state index is -2.87. The van der Waals surface area contributed by atoms with Crippen molar-refractivity contribution in [1.82, 2.24) is 5.32 Å². The lowest BCUT2D eigenvalue weighted by Crippen LogP contribution is -2.30. The van der Waals surface area contributed by atoms with Gasteiger partial charge in [0, 0.05) is 12.6 Å². The molecule has 20 heavy (non-hydrogen) atoms. The Morgan fingerprint density at radius 2 is 2.05 bits per heavy atom. The molecular weight excluding hydrogens is 278 g/mol. The SMILES string of the molecule is COC(=O)Cc1ccccc1CNC1CCS(=O)(=O)C1. The molecule has 1 N–H and O–H groups in total. The van der Waals surface area contributed by atoms with Crippen molar-refractivity contribution in [3.8, 4) is 0 Å². The Balaban J connectivity index is 1.97. The topological polar surface area (TPSA) is 72.5 Å². The number of esters is 1. The third kappa shape index (κ3) is 4.05. The van der Waals surface area contributed by atoms with Crippen LogP contribution in [0.3, 0.4) is 0 Å². The Hall–Kier alpha value is -1.40. The fraction of sp³-hybridized carbons (Fsp3) is 0.500. The van der Waals surface area contributed by atoms with Crippen LogP contribution >= 0.6 is 0 Å². The Kier molecular flexibility index (Phi) is 4.77. The van der Waals surface area contributed by atoms with E-state index in [1.807, 2.05) is 24.3 Å². The maximum absolute atomic E-state index is 11.4. The number of benzene rings is 1. The van der Waals surface area contributed by atoms with Crippen LogP contribution in [-0.2, 0) is 32.3 Å². The number of hydrogen-bond donors (Lipinski definition) is 1. The highest BCUT2D eigenvalue weighted by Crippen LogP contribution is 2.14. The zero-order chi connectivity index (χ0) is 14.6. The second-order valence-corrected chi connectivity index (χ2v) is 7.23. The van der Waals surface area contributed by atoms with Gasteiger partial charge in [0.1, 0.15) is 0 Å². The first-order valence-electron chi connectivity index (χ1n) is 6.57. The molecule has 2 rings (SSSR count). The fourth-order valence-corrected chi connectivity index (χ4v) is 4.05. The first kappa shape index (κ1) is 15.0. The van der Waals surface area contributed by atoms with Gasteiger partial charge in [-0.2, -0.15) is 0 Å². The van der Waals surface area contributed by atoms with E-state index < -0.39 is 9.84 Å². The van der Waals surface area contributed by atoms with E-state index >= 15 is 0 Å². The van der Waals surface area contributed by atoms with Crippen LogP contribution in [0.1, 0.15) is 17.5 Å². The Morgan fingerprint density at radius 3 is 2.65 bits per heavy atom. The predicted molar refractivity (Wildman–Crippen MR) is 76.1 cm³/mol. The molecular formula is C14H19NO4S. The summed E-state index contributed by atoms with van der Waals surface area (Å²) >= 11 is 0. The van der Waals surface area contributed by atoms with Crippen molar-refractivity contribution in [3.63, 3.8) is 0 Å². The van der Waals surface area contributed by atoms with Crippen LogP contribution in [0.4, 0.5) is 0 Å². The molecule has 110 valence electrons. The van der Waals surface area contributed by atoms with Crippen LogP contribution in [-0.4, -0.2) is 39.0 Å². The molecule has 0 radical (unpaired) electrons. The predicted octanol–water partition coefficient (Wildman–Crippen LogP) is 0.679. The molecule has 1 aromatic carbocycles. The second kappa shape index (κ2) is 6.37.